The van der Waals surface area contributed by atoms with Crippen molar-refractivity contribution >= 4 is 0 Å². The fraction of sp³-hybridized carbons (Fsp3) is 0.250. The van der Waals surface area contributed by atoms with Crippen LogP contribution >= 0.6 is 0 Å². The Bertz CT molecular complexity index is 421. The van der Waals surface area contributed by atoms with Gasteiger partial charge in [0.2, 0.25) is 0 Å². The summed E-state index contributed by atoms with van der Waals surface area (Å²) in [4.78, 5) is 0. The molecule has 0 radical (unpaired) electrons. The van der Waals surface area contributed by atoms with E-state index in [0.29, 0.717) is 5.75 Å². The van der Waals surface area contributed by atoms with E-state index in [1.165, 1.54) is 0 Å². The third kappa shape index (κ3) is 2.84. The normalized spacial score (nSPS) is 12.4. The molecule has 0 spiro atoms. The van der Waals surface area contributed by atoms with Crippen LogP contribution in [0.4, 0.5) is 0 Å². The number of benzene rings is 1. The van der Waals surface area contributed by atoms with E-state index < -0.39 is 6.29 Å². The van der Waals surface area contributed by atoms with E-state index in [1.54, 1.807) is 13.1 Å². The number of hydrogen-bond acceptors (Lipinski definition) is 3. The number of ether oxygens (including phenoxy) is 1. The number of H-pyrrole nitrogens is 1. The van der Waals surface area contributed by atoms with Crippen LogP contribution < -0.4 is 4.74 Å². The van der Waals surface area contributed by atoms with Gasteiger partial charge in [-0.05, 0) is 30.7 Å². The van der Waals surface area contributed by atoms with Crippen molar-refractivity contribution in [2.24, 2.45) is 0 Å². The van der Waals surface area contributed by atoms with Crippen LogP contribution in [0.25, 0.3) is 0 Å². The number of rotatable bonds is 4. The third-order valence-corrected chi connectivity index (χ3v) is 2.17. The summed E-state index contributed by atoms with van der Waals surface area (Å²) in [7, 11) is 0. The van der Waals surface area contributed by atoms with E-state index in [9.17, 15) is 0 Å². The molecule has 4 nitrogen and oxygen atoms in total. The highest BCUT2D eigenvalue weighted by atomic mass is 16.6. The van der Waals surface area contributed by atoms with Crippen molar-refractivity contribution in [3.63, 3.8) is 0 Å². The standard InChI is InChI=1S/C12H14N2O2/c1-9(15)16-12-4-2-10(3-5-12)8-11-6-7-13-14-11/h2-7,9,15H,8H2,1H3,(H,13,14). The topological polar surface area (TPSA) is 58.1 Å². The van der Waals surface area contributed by atoms with Gasteiger partial charge in [-0.15, -0.1) is 0 Å². The molecule has 2 N–H and O–H groups in total. The molecular weight excluding hydrogens is 204 g/mol. The summed E-state index contributed by atoms with van der Waals surface area (Å²) in [5, 5.41) is 15.9. The van der Waals surface area contributed by atoms with E-state index in [2.05, 4.69) is 10.2 Å². The second-order valence-corrected chi connectivity index (χ2v) is 3.60. The van der Waals surface area contributed by atoms with Crippen molar-refractivity contribution in [2.75, 3.05) is 0 Å². The van der Waals surface area contributed by atoms with E-state index in [1.807, 2.05) is 30.3 Å². The number of nitrogens with zero attached hydrogens (tertiary/aromatic N) is 1. The SMILES string of the molecule is CC(O)Oc1ccc(Cc2cc[nH]n2)cc1. The monoisotopic (exact) mass is 218 g/mol. The van der Waals surface area contributed by atoms with Crippen molar-refractivity contribution in [1.29, 1.82) is 0 Å². The molecule has 0 aliphatic rings. The first-order valence-electron chi connectivity index (χ1n) is 5.16. The lowest BCUT2D eigenvalue weighted by Crippen LogP contribution is -2.09. The Morgan fingerprint density at radius 2 is 2.06 bits per heavy atom. The Kier molecular flexibility index (Phi) is 3.22. The number of aromatic nitrogens is 2. The summed E-state index contributed by atoms with van der Waals surface area (Å²) < 4.78 is 5.14. The first-order chi connectivity index (χ1) is 7.74. The van der Waals surface area contributed by atoms with E-state index in [-0.39, 0.29) is 0 Å². The second kappa shape index (κ2) is 4.81. The third-order valence-electron chi connectivity index (χ3n) is 2.17. The maximum Gasteiger partial charge on any atom is 0.194 e. The van der Waals surface area contributed by atoms with Crippen LogP contribution in [0.1, 0.15) is 18.2 Å². The van der Waals surface area contributed by atoms with Gasteiger partial charge in [-0.25, -0.2) is 0 Å². The Morgan fingerprint density at radius 1 is 1.31 bits per heavy atom. The van der Waals surface area contributed by atoms with Gasteiger partial charge in [0.25, 0.3) is 0 Å². The number of aromatic amines is 1. The molecule has 2 rings (SSSR count). The minimum atomic E-state index is -0.780. The van der Waals surface area contributed by atoms with Gasteiger partial charge in [0.05, 0.1) is 5.69 Å². The number of nitrogens with one attached hydrogen (secondary N) is 1. The summed E-state index contributed by atoms with van der Waals surface area (Å²) in [5.41, 5.74) is 2.16. The largest absolute Gasteiger partial charge is 0.465 e. The van der Waals surface area contributed by atoms with Crippen LogP contribution in [-0.2, 0) is 6.42 Å². The Hall–Kier alpha value is -1.81. The summed E-state index contributed by atoms with van der Waals surface area (Å²) in [6, 6.07) is 9.56. The van der Waals surface area contributed by atoms with Crippen molar-refractivity contribution in [2.45, 2.75) is 19.6 Å². The van der Waals surface area contributed by atoms with Gasteiger partial charge in [0.1, 0.15) is 5.75 Å². The zero-order valence-electron chi connectivity index (χ0n) is 9.05. The number of aliphatic hydroxyl groups excluding tert-OH is 1. The van der Waals surface area contributed by atoms with Crippen molar-refractivity contribution in [3.8, 4) is 5.75 Å². The molecule has 0 aliphatic carbocycles. The van der Waals surface area contributed by atoms with Gasteiger partial charge in [-0.3, -0.25) is 5.10 Å². The van der Waals surface area contributed by atoms with Gasteiger partial charge in [-0.1, -0.05) is 12.1 Å². The first-order valence-corrected chi connectivity index (χ1v) is 5.16. The Balaban J connectivity index is 2.02. The molecule has 1 heterocycles. The molecule has 0 aliphatic heterocycles. The molecule has 0 amide bonds. The van der Waals surface area contributed by atoms with Gasteiger partial charge < -0.3 is 9.84 Å². The molecule has 1 aromatic heterocycles. The fourth-order valence-electron chi connectivity index (χ4n) is 1.48. The van der Waals surface area contributed by atoms with Crippen molar-refractivity contribution < 1.29 is 9.84 Å². The van der Waals surface area contributed by atoms with Crippen LogP contribution in [0.3, 0.4) is 0 Å². The molecule has 0 saturated carbocycles. The minimum absolute atomic E-state index is 0.667. The molecule has 2 aromatic rings. The lowest BCUT2D eigenvalue weighted by atomic mass is 10.1. The predicted molar refractivity (Wildman–Crippen MR) is 60.1 cm³/mol. The highest BCUT2D eigenvalue weighted by molar-refractivity contribution is 5.29. The van der Waals surface area contributed by atoms with Gasteiger partial charge >= 0.3 is 0 Å². The molecule has 0 bridgehead atoms. The summed E-state index contributed by atoms with van der Waals surface area (Å²) in [5.74, 6) is 0.667. The molecule has 1 aromatic carbocycles. The maximum atomic E-state index is 9.05. The highest BCUT2D eigenvalue weighted by Gasteiger charge is 2.00. The summed E-state index contributed by atoms with van der Waals surface area (Å²) >= 11 is 0. The van der Waals surface area contributed by atoms with Crippen LogP contribution in [0.5, 0.6) is 5.75 Å². The number of hydrogen-bond donors (Lipinski definition) is 2. The number of aliphatic hydroxyl groups is 1. The molecule has 0 saturated heterocycles. The fourth-order valence-corrected chi connectivity index (χ4v) is 1.48. The molecule has 84 valence electrons. The van der Waals surface area contributed by atoms with E-state index in [0.717, 1.165) is 17.7 Å². The zero-order valence-corrected chi connectivity index (χ0v) is 9.05. The van der Waals surface area contributed by atoms with Crippen LogP contribution in [0.2, 0.25) is 0 Å². The van der Waals surface area contributed by atoms with Crippen LogP contribution in [-0.4, -0.2) is 21.6 Å². The van der Waals surface area contributed by atoms with Gasteiger partial charge in [0.15, 0.2) is 6.29 Å². The Labute approximate surface area is 93.9 Å². The zero-order chi connectivity index (χ0) is 11.4. The summed E-state index contributed by atoms with van der Waals surface area (Å²) in [6.07, 6.45) is 1.82. The summed E-state index contributed by atoms with van der Waals surface area (Å²) in [6.45, 7) is 1.58. The molecule has 0 fully saturated rings. The van der Waals surface area contributed by atoms with Crippen molar-refractivity contribution in [3.05, 3.63) is 47.8 Å². The van der Waals surface area contributed by atoms with Gasteiger partial charge in [0, 0.05) is 12.6 Å². The van der Waals surface area contributed by atoms with Crippen LogP contribution in [0.15, 0.2) is 36.5 Å². The van der Waals surface area contributed by atoms with Gasteiger partial charge in [-0.2, -0.15) is 5.10 Å². The molecule has 1 atom stereocenters. The average molecular weight is 218 g/mol. The lowest BCUT2D eigenvalue weighted by Gasteiger charge is -2.08. The maximum absolute atomic E-state index is 9.05. The quantitative estimate of drug-likeness (QED) is 0.768. The van der Waals surface area contributed by atoms with Crippen LogP contribution in [0, 0.1) is 0 Å². The highest BCUT2D eigenvalue weighted by Crippen LogP contribution is 2.15. The average Bonchev–Trinajstić information content (AvgIpc) is 2.73. The smallest absolute Gasteiger partial charge is 0.194 e. The van der Waals surface area contributed by atoms with E-state index >= 15 is 0 Å². The first kappa shape index (κ1) is 10.7. The molecular formula is C12H14N2O2. The lowest BCUT2D eigenvalue weighted by molar-refractivity contribution is -0.000301. The molecule has 4 heteroatoms. The molecule has 16 heavy (non-hydrogen) atoms. The Morgan fingerprint density at radius 3 is 2.62 bits per heavy atom. The molecule has 1 unspecified atom stereocenters. The predicted octanol–water partition coefficient (Wildman–Crippen LogP) is 1.72. The second-order valence-electron chi connectivity index (χ2n) is 3.60. The van der Waals surface area contributed by atoms with E-state index in [4.69, 9.17) is 9.84 Å². The minimum Gasteiger partial charge on any atom is -0.465 e. The van der Waals surface area contributed by atoms with Crippen molar-refractivity contribution in [1.82, 2.24) is 10.2 Å².